The molecule has 0 bridgehead atoms. The van der Waals surface area contributed by atoms with Crippen molar-refractivity contribution in [1.29, 1.82) is 0 Å². The molecule has 1 unspecified atom stereocenters. The van der Waals surface area contributed by atoms with Crippen LogP contribution in [0.4, 0.5) is 0 Å². The fourth-order valence-corrected chi connectivity index (χ4v) is 2.40. The highest BCUT2D eigenvalue weighted by atomic mass is 16.6. The first-order valence-electron chi connectivity index (χ1n) is 6.34. The van der Waals surface area contributed by atoms with Crippen molar-refractivity contribution in [3.63, 3.8) is 0 Å². The molecule has 1 aliphatic rings. The Labute approximate surface area is 110 Å². The SMILES string of the molecule is COC1(O)CC(C(C)(C)C)=C(O)C=C1C(C)(C)C. The van der Waals surface area contributed by atoms with Gasteiger partial charge in [-0.3, -0.25) is 0 Å². The minimum Gasteiger partial charge on any atom is -0.508 e. The highest BCUT2D eigenvalue weighted by Gasteiger charge is 2.44. The molecule has 1 rings (SSSR count). The Bertz CT molecular complexity index is 391. The van der Waals surface area contributed by atoms with Gasteiger partial charge in [-0.1, -0.05) is 41.5 Å². The molecule has 0 saturated carbocycles. The summed E-state index contributed by atoms with van der Waals surface area (Å²) in [6, 6.07) is 0. The van der Waals surface area contributed by atoms with E-state index in [1.165, 1.54) is 7.11 Å². The number of hydrogen-bond donors (Lipinski definition) is 2. The third-order valence-electron chi connectivity index (χ3n) is 3.48. The van der Waals surface area contributed by atoms with Gasteiger partial charge in [0.25, 0.3) is 0 Å². The van der Waals surface area contributed by atoms with Crippen LogP contribution in [0.2, 0.25) is 0 Å². The van der Waals surface area contributed by atoms with Crippen molar-refractivity contribution >= 4 is 0 Å². The summed E-state index contributed by atoms with van der Waals surface area (Å²) in [4.78, 5) is 0. The number of aliphatic hydroxyl groups excluding tert-OH is 1. The zero-order valence-electron chi connectivity index (χ0n) is 12.6. The van der Waals surface area contributed by atoms with Crippen LogP contribution in [-0.2, 0) is 4.74 Å². The number of aliphatic hydroxyl groups is 2. The van der Waals surface area contributed by atoms with Crippen LogP contribution >= 0.6 is 0 Å². The summed E-state index contributed by atoms with van der Waals surface area (Å²) in [5, 5.41) is 20.9. The van der Waals surface area contributed by atoms with E-state index in [1.54, 1.807) is 6.08 Å². The molecule has 1 aliphatic carbocycles. The van der Waals surface area contributed by atoms with Crippen molar-refractivity contribution in [3.05, 3.63) is 23.0 Å². The van der Waals surface area contributed by atoms with Crippen molar-refractivity contribution < 1.29 is 14.9 Å². The van der Waals surface area contributed by atoms with Crippen LogP contribution in [0.3, 0.4) is 0 Å². The van der Waals surface area contributed by atoms with Crippen LogP contribution in [-0.4, -0.2) is 23.1 Å². The monoisotopic (exact) mass is 254 g/mol. The Hall–Kier alpha value is -0.800. The maximum absolute atomic E-state index is 10.7. The van der Waals surface area contributed by atoms with E-state index in [0.717, 1.165) is 5.57 Å². The topological polar surface area (TPSA) is 49.7 Å². The van der Waals surface area contributed by atoms with Crippen LogP contribution in [0.1, 0.15) is 48.0 Å². The molecule has 0 aromatic carbocycles. The fraction of sp³-hybridized carbons (Fsp3) is 0.733. The third-order valence-corrected chi connectivity index (χ3v) is 3.48. The third kappa shape index (κ3) is 2.78. The molecule has 2 N–H and O–H groups in total. The number of allylic oxidation sites excluding steroid dienone is 1. The van der Waals surface area contributed by atoms with Crippen molar-refractivity contribution in [2.75, 3.05) is 7.11 Å². The first-order chi connectivity index (χ1) is 7.92. The summed E-state index contributed by atoms with van der Waals surface area (Å²) >= 11 is 0. The van der Waals surface area contributed by atoms with E-state index in [9.17, 15) is 10.2 Å². The van der Waals surface area contributed by atoms with E-state index in [2.05, 4.69) is 0 Å². The Morgan fingerprint density at radius 3 is 1.94 bits per heavy atom. The van der Waals surface area contributed by atoms with E-state index >= 15 is 0 Å². The molecule has 0 radical (unpaired) electrons. The van der Waals surface area contributed by atoms with Crippen molar-refractivity contribution in [1.82, 2.24) is 0 Å². The Morgan fingerprint density at radius 2 is 1.61 bits per heavy atom. The van der Waals surface area contributed by atoms with Gasteiger partial charge < -0.3 is 14.9 Å². The molecule has 0 saturated heterocycles. The van der Waals surface area contributed by atoms with Gasteiger partial charge in [0.2, 0.25) is 0 Å². The summed E-state index contributed by atoms with van der Waals surface area (Å²) in [7, 11) is 1.50. The van der Waals surface area contributed by atoms with Gasteiger partial charge in [0.1, 0.15) is 5.76 Å². The van der Waals surface area contributed by atoms with Crippen molar-refractivity contribution in [2.45, 2.75) is 53.8 Å². The van der Waals surface area contributed by atoms with Gasteiger partial charge in [0.05, 0.1) is 0 Å². The second kappa shape index (κ2) is 4.39. The highest BCUT2D eigenvalue weighted by molar-refractivity contribution is 5.39. The second-order valence-electron chi connectivity index (χ2n) is 7.09. The molecule has 0 aliphatic heterocycles. The number of methoxy groups -OCH3 is 1. The minimum absolute atomic E-state index is 0.198. The van der Waals surface area contributed by atoms with E-state index in [1.807, 2.05) is 41.5 Å². The van der Waals surface area contributed by atoms with Gasteiger partial charge >= 0.3 is 0 Å². The molecule has 1 atom stereocenters. The lowest BCUT2D eigenvalue weighted by Gasteiger charge is -2.42. The first-order valence-corrected chi connectivity index (χ1v) is 6.34. The molecule has 0 heterocycles. The van der Waals surface area contributed by atoms with E-state index in [4.69, 9.17) is 4.74 Å². The normalized spacial score (nSPS) is 26.3. The van der Waals surface area contributed by atoms with Crippen LogP contribution in [0.15, 0.2) is 23.0 Å². The van der Waals surface area contributed by atoms with E-state index in [0.29, 0.717) is 12.0 Å². The molecule has 18 heavy (non-hydrogen) atoms. The predicted molar refractivity (Wildman–Crippen MR) is 73.2 cm³/mol. The summed E-state index contributed by atoms with van der Waals surface area (Å²) in [5.74, 6) is -1.07. The smallest absolute Gasteiger partial charge is 0.192 e. The highest BCUT2D eigenvalue weighted by Crippen LogP contribution is 2.46. The van der Waals surface area contributed by atoms with Crippen molar-refractivity contribution in [3.8, 4) is 0 Å². The van der Waals surface area contributed by atoms with Gasteiger partial charge in [-0.05, 0) is 28.1 Å². The molecule has 0 amide bonds. The van der Waals surface area contributed by atoms with Gasteiger partial charge in [0, 0.05) is 13.5 Å². The average molecular weight is 254 g/mol. The van der Waals surface area contributed by atoms with Crippen molar-refractivity contribution in [2.24, 2.45) is 10.8 Å². The summed E-state index contributed by atoms with van der Waals surface area (Å²) in [6.07, 6.45) is 1.97. The summed E-state index contributed by atoms with van der Waals surface area (Å²) in [5.41, 5.74) is 1.07. The quantitative estimate of drug-likeness (QED) is 0.703. The summed E-state index contributed by atoms with van der Waals surface area (Å²) in [6.45, 7) is 12.0. The Morgan fingerprint density at radius 1 is 1.11 bits per heavy atom. The van der Waals surface area contributed by atoms with Crippen LogP contribution < -0.4 is 0 Å². The molecule has 104 valence electrons. The lowest BCUT2D eigenvalue weighted by Crippen LogP contribution is -2.42. The van der Waals surface area contributed by atoms with Gasteiger partial charge in [-0.15, -0.1) is 0 Å². The van der Waals surface area contributed by atoms with Gasteiger partial charge in [0.15, 0.2) is 5.79 Å². The lowest BCUT2D eigenvalue weighted by molar-refractivity contribution is -0.166. The lowest BCUT2D eigenvalue weighted by atomic mass is 9.71. The number of ether oxygens (including phenoxy) is 1. The van der Waals surface area contributed by atoms with Crippen LogP contribution in [0, 0.1) is 10.8 Å². The molecule has 0 aromatic heterocycles. The van der Waals surface area contributed by atoms with Crippen LogP contribution in [0.5, 0.6) is 0 Å². The Balaban J connectivity index is 3.38. The number of hydrogen-bond acceptors (Lipinski definition) is 3. The molecular weight excluding hydrogens is 228 g/mol. The number of rotatable bonds is 1. The predicted octanol–water partition coefficient (Wildman–Crippen LogP) is 3.56. The maximum atomic E-state index is 10.7. The average Bonchev–Trinajstić information content (AvgIpc) is 2.18. The molecule has 3 heteroatoms. The maximum Gasteiger partial charge on any atom is 0.192 e. The zero-order chi connectivity index (χ0) is 14.4. The molecule has 3 nitrogen and oxygen atoms in total. The zero-order valence-corrected chi connectivity index (χ0v) is 12.6. The Kier molecular flexibility index (Phi) is 3.72. The molecule has 0 aromatic rings. The largest absolute Gasteiger partial charge is 0.508 e. The summed E-state index contributed by atoms with van der Waals surface area (Å²) < 4.78 is 5.33. The van der Waals surface area contributed by atoms with Gasteiger partial charge in [-0.2, -0.15) is 0 Å². The second-order valence-corrected chi connectivity index (χ2v) is 7.09. The fourth-order valence-electron chi connectivity index (χ4n) is 2.40. The standard InChI is InChI=1S/C15H26O3/c1-13(2,3)10-9-15(17,18-7)12(8-11(10)16)14(4,5)6/h8,16-17H,9H2,1-7H3. The van der Waals surface area contributed by atoms with Gasteiger partial charge in [-0.25, -0.2) is 0 Å². The van der Waals surface area contributed by atoms with E-state index < -0.39 is 5.79 Å². The minimum atomic E-state index is -1.33. The van der Waals surface area contributed by atoms with Crippen LogP contribution in [0.25, 0.3) is 0 Å². The molecule has 0 spiro atoms. The first kappa shape index (κ1) is 15.3. The van der Waals surface area contributed by atoms with E-state index in [-0.39, 0.29) is 16.6 Å². The molecule has 0 fully saturated rings. The molecular formula is C15H26O3.